The smallest absolute Gasteiger partial charge is 0.178 e. The van der Waals surface area contributed by atoms with E-state index in [-0.39, 0.29) is 7.43 Å². The first-order valence-corrected chi connectivity index (χ1v) is 8.80. The van der Waals surface area contributed by atoms with E-state index in [2.05, 4.69) is 63.4 Å². The van der Waals surface area contributed by atoms with Gasteiger partial charge in [-0.3, -0.25) is 0 Å². The molecule has 0 unspecified atom stereocenters. The maximum Gasteiger partial charge on any atom is 0.178 e. The highest BCUT2D eigenvalue weighted by molar-refractivity contribution is 5.94. The van der Waals surface area contributed by atoms with Crippen LogP contribution in [-0.4, -0.2) is 26.0 Å². The van der Waals surface area contributed by atoms with Crippen LogP contribution in [0.4, 0.5) is 0 Å². The number of benzene rings is 1. The Kier molecular flexibility index (Phi) is 5.09. The number of aryl methyl sites for hydroxylation is 1. The van der Waals surface area contributed by atoms with Crippen molar-refractivity contribution >= 4 is 22.1 Å². The normalized spacial score (nSPS) is 12.4. The second kappa shape index (κ2) is 7.30. The van der Waals surface area contributed by atoms with E-state index in [0.717, 1.165) is 46.7 Å². The van der Waals surface area contributed by atoms with E-state index in [4.69, 9.17) is 0 Å². The summed E-state index contributed by atoms with van der Waals surface area (Å²) >= 11 is 0. The van der Waals surface area contributed by atoms with Crippen LogP contribution in [0.2, 0.25) is 0 Å². The lowest BCUT2D eigenvalue weighted by atomic mass is 10.1. The van der Waals surface area contributed by atoms with Crippen LogP contribution in [0.1, 0.15) is 39.1 Å². The minimum absolute atomic E-state index is 0. The fraction of sp³-hybridized carbons (Fsp3) is 0.333. The Hall–Kier alpha value is -2.66. The van der Waals surface area contributed by atoms with Gasteiger partial charge in [-0.1, -0.05) is 20.4 Å². The molecule has 26 heavy (non-hydrogen) atoms. The third-order valence-corrected chi connectivity index (χ3v) is 4.75. The summed E-state index contributed by atoms with van der Waals surface area (Å²) in [5, 5.41) is 4.77. The molecule has 5 heteroatoms. The van der Waals surface area contributed by atoms with Crippen LogP contribution in [0.15, 0.2) is 36.5 Å². The second-order valence-corrected chi connectivity index (χ2v) is 6.67. The summed E-state index contributed by atoms with van der Waals surface area (Å²) < 4.78 is 0. The molecule has 0 radical (unpaired) electrons. The van der Waals surface area contributed by atoms with Crippen LogP contribution < -0.4 is 5.32 Å². The molecular weight excluding hydrogens is 322 g/mol. The summed E-state index contributed by atoms with van der Waals surface area (Å²) in [6, 6.07) is 11.3. The molecule has 0 spiro atoms. The van der Waals surface area contributed by atoms with E-state index in [0.29, 0.717) is 6.04 Å². The first-order chi connectivity index (χ1) is 12.1. The molecule has 0 saturated carbocycles. The van der Waals surface area contributed by atoms with Gasteiger partial charge in [0.25, 0.3) is 0 Å². The molecule has 0 amide bonds. The topological polar surface area (TPSA) is 69.4 Å². The molecule has 0 bridgehead atoms. The summed E-state index contributed by atoms with van der Waals surface area (Å²) in [6.07, 6.45) is 2.95. The number of nitrogens with zero attached hydrogens (tertiary/aromatic N) is 2. The largest absolute Gasteiger partial charge is 0.354 e. The van der Waals surface area contributed by atoms with Gasteiger partial charge < -0.3 is 15.3 Å². The van der Waals surface area contributed by atoms with Gasteiger partial charge in [-0.2, -0.15) is 0 Å². The van der Waals surface area contributed by atoms with Crippen molar-refractivity contribution in [1.29, 1.82) is 0 Å². The van der Waals surface area contributed by atoms with Gasteiger partial charge in [0.05, 0.1) is 5.52 Å². The van der Waals surface area contributed by atoms with Crippen LogP contribution in [-0.2, 0) is 6.54 Å². The van der Waals surface area contributed by atoms with E-state index < -0.39 is 0 Å². The molecule has 0 fully saturated rings. The predicted molar refractivity (Wildman–Crippen MR) is 109 cm³/mol. The predicted octanol–water partition coefficient (Wildman–Crippen LogP) is 4.94. The second-order valence-electron chi connectivity index (χ2n) is 6.67. The summed E-state index contributed by atoms with van der Waals surface area (Å²) in [5.41, 5.74) is 6.36. The average molecular weight is 349 g/mol. The Morgan fingerprint density at radius 1 is 1.15 bits per heavy atom. The Labute approximate surface area is 154 Å². The molecule has 0 saturated heterocycles. The molecule has 3 aromatic heterocycles. The molecular formula is C21H27N5. The van der Waals surface area contributed by atoms with Crippen molar-refractivity contribution in [3.8, 4) is 11.3 Å². The van der Waals surface area contributed by atoms with Gasteiger partial charge in [0.2, 0.25) is 0 Å². The van der Waals surface area contributed by atoms with Crippen molar-refractivity contribution < 1.29 is 0 Å². The summed E-state index contributed by atoms with van der Waals surface area (Å²) in [5.74, 6) is 0.879. The highest BCUT2D eigenvalue weighted by atomic mass is 15.0. The summed E-state index contributed by atoms with van der Waals surface area (Å²) in [6.45, 7) is 7.26. The third-order valence-electron chi connectivity index (χ3n) is 4.75. The SMILES string of the molecule is C.CC[C@@H](C)NCc1ccc2[nH]c(-c3ccnc4nc(C)[nH]c34)cc2c1. The number of aromatic amines is 2. The fourth-order valence-electron chi connectivity index (χ4n) is 3.12. The van der Waals surface area contributed by atoms with Crippen LogP contribution in [0.25, 0.3) is 33.3 Å². The number of pyridine rings is 1. The first kappa shape index (κ1) is 18.1. The Balaban J connectivity index is 0.00000196. The number of hydrogen-bond donors (Lipinski definition) is 3. The molecule has 0 aliphatic carbocycles. The lowest BCUT2D eigenvalue weighted by molar-refractivity contribution is 0.534. The van der Waals surface area contributed by atoms with Crippen molar-refractivity contribution in [3.05, 3.63) is 47.9 Å². The van der Waals surface area contributed by atoms with Gasteiger partial charge in [-0.25, -0.2) is 9.97 Å². The quantitative estimate of drug-likeness (QED) is 0.478. The van der Waals surface area contributed by atoms with Gasteiger partial charge in [0.1, 0.15) is 5.82 Å². The fourth-order valence-corrected chi connectivity index (χ4v) is 3.12. The molecule has 3 heterocycles. The number of H-pyrrole nitrogens is 2. The molecule has 1 atom stereocenters. The zero-order valence-electron chi connectivity index (χ0n) is 14.9. The van der Waals surface area contributed by atoms with Crippen LogP contribution >= 0.6 is 0 Å². The molecule has 1 aromatic carbocycles. The van der Waals surface area contributed by atoms with Gasteiger partial charge >= 0.3 is 0 Å². The average Bonchev–Trinajstić information content (AvgIpc) is 3.20. The minimum atomic E-state index is 0. The maximum atomic E-state index is 4.43. The highest BCUT2D eigenvalue weighted by Gasteiger charge is 2.11. The standard InChI is InChI=1S/C20H23N5.CH4/c1-4-12(2)22-11-14-5-6-17-15(9-14)10-18(25-17)16-7-8-21-20-19(16)23-13(3)24-20;/h5-10,12,22,25H,4,11H2,1-3H3,(H,21,23,24);1H4/t12-;/m1./s1. The lowest BCUT2D eigenvalue weighted by Gasteiger charge is -2.11. The minimum Gasteiger partial charge on any atom is -0.354 e. The van der Waals surface area contributed by atoms with Crippen LogP contribution in [0, 0.1) is 6.92 Å². The molecule has 3 N–H and O–H groups in total. The number of imidazole rings is 1. The monoisotopic (exact) mass is 349 g/mol. The van der Waals surface area contributed by atoms with Crippen LogP contribution in [0.3, 0.4) is 0 Å². The van der Waals surface area contributed by atoms with Crippen molar-refractivity contribution in [1.82, 2.24) is 25.3 Å². The number of fused-ring (bicyclic) bond motifs is 2. The summed E-state index contributed by atoms with van der Waals surface area (Å²) in [4.78, 5) is 15.6. The third kappa shape index (κ3) is 3.35. The van der Waals surface area contributed by atoms with E-state index in [1.54, 1.807) is 0 Å². The Morgan fingerprint density at radius 3 is 2.81 bits per heavy atom. The van der Waals surface area contributed by atoms with E-state index >= 15 is 0 Å². The van der Waals surface area contributed by atoms with E-state index in [1.165, 1.54) is 10.9 Å². The lowest BCUT2D eigenvalue weighted by Crippen LogP contribution is -2.24. The van der Waals surface area contributed by atoms with Crippen LogP contribution in [0.5, 0.6) is 0 Å². The first-order valence-electron chi connectivity index (χ1n) is 8.80. The zero-order valence-corrected chi connectivity index (χ0v) is 14.9. The van der Waals surface area contributed by atoms with Crippen molar-refractivity contribution in [2.75, 3.05) is 0 Å². The van der Waals surface area contributed by atoms with Crippen molar-refractivity contribution in [2.24, 2.45) is 0 Å². The van der Waals surface area contributed by atoms with Crippen molar-refractivity contribution in [2.45, 2.75) is 47.2 Å². The van der Waals surface area contributed by atoms with Gasteiger partial charge in [0.15, 0.2) is 5.65 Å². The van der Waals surface area contributed by atoms with Crippen molar-refractivity contribution in [3.63, 3.8) is 0 Å². The molecule has 4 aromatic rings. The number of aromatic nitrogens is 4. The number of rotatable bonds is 5. The van der Waals surface area contributed by atoms with Gasteiger partial charge in [-0.05, 0) is 50.1 Å². The van der Waals surface area contributed by atoms with E-state index in [9.17, 15) is 0 Å². The molecule has 136 valence electrons. The zero-order chi connectivity index (χ0) is 17.4. The Bertz CT molecular complexity index is 1030. The molecule has 0 aliphatic rings. The molecule has 5 nitrogen and oxygen atoms in total. The summed E-state index contributed by atoms with van der Waals surface area (Å²) in [7, 11) is 0. The number of hydrogen-bond acceptors (Lipinski definition) is 3. The highest BCUT2D eigenvalue weighted by Crippen LogP contribution is 2.29. The van der Waals surface area contributed by atoms with Gasteiger partial charge in [0, 0.05) is 40.9 Å². The van der Waals surface area contributed by atoms with E-state index in [1.807, 2.05) is 19.2 Å². The maximum absolute atomic E-state index is 4.43. The Morgan fingerprint density at radius 2 is 2.00 bits per heavy atom. The molecule has 0 aliphatic heterocycles. The molecule has 4 rings (SSSR count). The number of nitrogens with one attached hydrogen (secondary N) is 3. The van der Waals surface area contributed by atoms with Gasteiger partial charge in [-0.15, -0.1) is 0 Å².